The first-order chi connectivity index (χ1) is 11.2. The van der Waals surface area contributed by atoms with E-state index in [1.54, 1.807) is 24.1 Å². The molecule has 0 N–H and O–H groups in total. The fourth-order valence-electron chi connectivity index (χ4n) is 2.45. The molecule has 0 aliphatic carbocycles. The van der Waals surface area contributed by atoms with Crippen LogP contribution in [0.3, 0.4) is 0 Å². The lowest BCUT2D eigenvalue weighted by molar-refractivity contribution is 0.0529. The van der Waals surface area contributed by atoms with Crippen LogP contribution in [0.15, 0.2) is 12.3 Å². The van der Waals surface area contributed by atoms with Crippen LogP contribution in [-0.4, -0.2) is 56.7 Å². The molecule has 1 aliphatic rings. The summed E-state index contributed by atoms with van der Waals surface area (Å²) < 4.78 is 14.7. The maximum Gasteiger partial charge on any atom is 0.319 e. The minimum Gasteiger partial charge on any atom is -0.472 e. The third-order valence-corrected chi connectivity index (χ3v) is 4.40. The number of carbonyl (C=O) groups is 1. The van der Waals surface area contributed by atoms with Crippen LogP contribution in [0.5, 0.6) is 11.9 Å². The Morgan fingerprint density at radius 1 is 1.48 bits per heavy atom. The van der Waals surface area contributed by atoms with Gasteiger partial charge in [0.2, 0.25) is 5.88 Å². The Bertz CT molecular complexity index is 693. The molecule has 23 heavy (non-hydrogen) atoms. The topological polar surface area (TPSA) is 90.3 Å². The van der Waals surface area contributed by atoms with Gasteiger partial charge < -0.3 is 14.4 Å². The van der Waals surface area contributed by atoms with Crippen molar-refractivity contribution in [2.45, 2.75) is 25.9 Å². The number of piperidine rings is 1. The Morgan fingerprint density at radius 2 is 2.35 bits per heavy atom. The van der Waals surface area contributed by atoms with Gasteiger partial charge in [0.05, 0.1) is 19.3 Å². The van der Waals surface area contributed by atoms with Crippen LogP contribution in [0.1, 0.15) is 28.2 Å². The smallest absolute Gasteiger partial charge is 0.319 e. The Hall–Kier alpha value is -2.29. The summed E-state index contributed by atoms with van der Waals surface area (Å²) in [5, 5.41) is 3.90. The highest BCUT2D eigenvalue weighted by Gasteiger charge is 2.28. The first-order valence-electron chi connectivity index (χ1n) is 7.29. The third-order valence-electron chi connectivity index (χ3n) is 3.59. The molecular weight excluding hydrogens is 318 g/mol. The number of ether oxygens (including phenoxy) is 2. The molecule has 8 nitrogen and oxygen atoms in total. The normalized spacial score (nSPS) is 17.8. The fourth-order valence-corrected chi connectivity index (χ4v) is 3.08. The van der Waals surface area contributed by atoms with Gasteiger partial charge in [-0.05, 0) is 31.3 Å². The number of aromatic nitrogens is 4. The first-order valence-corrected chi connectivity index (χ1v) is 8.06. The van der Waals surface area contributed by atoms with Crippen LogP contribution in [-0.2, 0) is 0 Å². The molecule has 2 aromatic heterocycles. The second-order valence-corrected chi connectivity index (χ2v) is 5.96. The number of aryl methyl sites for hydroxylation is 1. The fraction of sp³-hybridized carbons (Fsp3) is 0.500. The summed E-state index contributed by atoms with van der Waals surface area (Å²) in [5.74, 6) is 0.415. The largest absolute Gasteiger partial charge is 0.472 e. The molecule has 1 aliphatic heterocycles. The van der Waals surface area contributed by atoms with Gasteiger partial charge in [-0.2, -0.15) is 4.98 Å². The molecule has 0 saturated carbocycles. The summed E-state index contributed by atoms with van der Waals surface area (Å²) in [4.78, 5) is 23.0. The minimum atomic E-state index is -0.103. The van der Waals surface area contributed by atoms with Gasteiger partial charge in [-0.3, -0.25) is 4.79 Å². The Kier molecular flexibility index (Phi) is 4.65. The van der Waals surface area contributed by atoms with E-state index in [4.69, 9.17) is 9.47 Å². The van der Waals surface area contributed by atoms with Gasteiger partial charge in [-0.15, -0.1) is 5.10 Å². The number of rotatable bonds is 4. The number of methoxy groups -OCH3 is 1. The van der Waals surface area contributed by atoms with Crippen molar-refractivity contribution >= 4 is 17.4 Å². The lowest BCUT2D eigenvalue weighted by Crippen LogP contribution is -2.44. The zero-order valence-corrected chi connectivity index (χ0v) is 13.7. The predicted molar refractivity (Wildman–Crippen MR) is 82.8 cm³/mol. The van der Waals surface area contributed by atoms with Crippen molar-refractivity contribution in [3.8, 4) is 11.9 Å². The summed E-state index contributed by atoms with van der Waals surface area (Å²) in [6.07, 6.45) is 3.23. The van der Waals surface area contributed by atoms with Crippen LogP contribution >= 0.6 is 11.5 Å². The summed E-state index contributed by atoms with van der Waals surface area (Å²) in [5.41, 5.74) is 0.670. The summed E-state index contributed by atoms with van der Waals surface area (Å²) in [7, 11) is 1.51. The molecule has 1 saturated heterocycles. The van der Waals surface area contributed by atoms with Crippen molar-refractivity contribution in [2.75, 3.05) is 20.2 Å². The SMILES string of the molecule is COc1nccc(OC2CCCN(C(=O)c3snnc3C)C2)n1. The maximum absolute atomic E-state index is 12.5. The molecule has 1 amide bonds. The molecule has 0 bridgehead atoms. The highest BCUT2D eigenvalue weighted by molar-refractivity contribution is 7.07. The Labute approximate surface area is 137 Å². The van der Waals surface area contributed by atoms with E-state index in [0.717, 1.165) is 24.4 Å². The van der Waals surface area contributed by atoms with E-state index in [0.29, 0.717) is 29.5 Å². The van der Waals surface area contributed by atoms with Gasteiger partial charge in [0.1, 0.15) is 11.0 Å². The van der Waals surface area contributed by atoms with Crippen molar-refractivity contribution in [3.63, 3.8) is 0 Å². The second kappa shape index (κ2) is 6.86. The van der Waals surface area contributed by atoms with Crippen LogP contribution < -0.4 is 9.47 Å². The number of nitrogens with zero attached hydrogens (tertiary/aromatic N) is 5. The molecule has 0 aromatic carbocycles. The lowest BCUT2D eigenvalue weighted by atomic mass is 10.1. The number of amides is 1. The number of likely N-dealkylation sites (tertiary alicyclic amines) is 1. The molecule has 3 heterocycles. The molecule has 1 atom stereocenters. The van der Waals surface area contributed by atoms with Crippen molar-refractivity contribution < 1.29 is 14.3 Å². The molecule has 0 spiro atoms. The highest BCUT2D eigenvalue weighted by Crippen LogP contribution is 2.21. The lowest BCUT2D eigenvalue weighted by Gasteiger charge is -2.32. The number of hydrogen-bond acceptors (Lipinski definition) is 8. The standard InChI is InChI=1S/C14H17N5O3S/c1-9-12(23-18-17-9)13(20)19-7-3-4-10(8-19)22-11-5-6-15-14(16-11)21-2/h5-6,10H,3-4,7-8H2,1-2H3. The third kappa shape index (κ3) is 3.55. The molecule has 0 radical (unpaired) electrons. The average molecular weight is 335 g/mol. The van der Waals surface area contributed by atoms with E-state index in [2.05, 4.69) is 19.6 Å². The van der Waals surface area contributed by atoms with E-state index < -0.39 is 0 Å². The van der Waals surface area contributed by atoms with E-state index in [1.165, 1.54) is 7.11 Å². The van der Waals surface area contributed by atoms with Crippen molar-refractivity contribution in [1.29, 1.82) is 0 Å². The Morgan fingerprint density at radius 3 is 3.09 bits per heavy atom. The zero-order valence-electron chi connectivity index (χ0n) is 12.9. The van der Waals surface area contributed by atoms with Crippen molar-refractivity contribution in [3.05, 3.63) is 22.8 Å². The molecular formula is C14H17N5O3S. The van der Waals surface area contributed by atoms with Gasteiger partial charge >= 0.3 is 6.01 Å². The minimum absolute atomic E-state index is 0.0360. The molecule has 122 valence electrons. The van der Waals surface area contributed by atoms with Gasteiger partial charge in [0.15, 0.2) is 0 Å². The van der Waals surface area contributed by atoms with Crippen molar-refractivity contribution in [1.82, 2.24) is 24.5 Å². The Balaban J connectivity index is 1.66. The van der Waals surface area contributed by atoms with Gasteiger partial charge in [0.25, 0.3) is 5.91 Å². The van der Waals surface area contributed by atoms with Crippen LogP contribution in [0.2, 0.25) is 0 Å². The van der Waals surface area contributed by atoms with Crippen LogP contribution in [0, 0.1) is 6.92 Å². The number of hydrogen-bond donors (Lipinski definition) is 0. The van der Waals surface area contributed by atoms with Gasteiger partial charge in [0, 0.05) is 18.8 Å². The summed E-state index contributed by atoms with van der Waals surface area (Å²) in [6.45, 7) is 3.02. The van der Waals surface area contributed by atoms with E-state index in [-0.39, 0.29) is 18.0 Å². The molecule has 3 rings (SSSR count). The van der Waals surface area contributed by atoms with Crippen LogP contribution in [0.25, 0.3) is 0 Å². The zero-order chi connectivity index (χ0) is 16.2. The molecule has 9 heteroatoms. The molecule has 1 unspecified atom stereocenters. The van der Waals surface area contributed by atoms with E-state index in [1.807, 2.05) is 0 Å². The van der Waals surface area contributed by atoms with Crippen LogP contribution in [0.4, 0.5) is 0 Å². The average Bonchev–Trinajstić information content (AvgIpc) is 3.00. The van der Waals surface area contributed by atoms with Crippen molar-refractivity contribution in [2.24, 2.45) is 0 Å². The van der Waals surface area contributed by atoms with E-state index in [9.17, 15) is 4.79 Å². The first kappa shape index (κ1) is 15.6. The summed E-state index contributed by atoms with van der Waals surface area (Å²) in [6, 6.07) is 1.94. The van der Waals surface area contributed by atoms with E-state index >= 15 is 0 Å². The monoisotopic (exact) mass is 335 g/mol. The van der Waals surface area contributed by atoms with Gasteiger partial charge in [-0.25, -0.2) is 4.98 Å². The summed E-state index contributed by atoms with van der Waals surface area (Å²) >= 11 is 1.13. The molecule has 1 fully saturated rings. The number of carbonyl (C=O) groups excluding carboxylic acids is 1. The highest BCUT2D eigenvalue weighted by atomic mass is 32.1. The molecule has 2 aromatic rings. The van der Waals surface area contributed by atoms with Gasteiger partial charge in [-0.1, -0.05) is 4.49 Å². The second-order valence-electron chi connectivity index (χ2n) is 5.20. The predicted octanol–water partition coefficient (Wildman–Crippen LogP) is 1.33. The quantitative estimate of drug-likeness (QED) is 0.832. The maximum atomic E-state index is 12.5.